The Morgan fingerprint density at radius 3 is 3.12 bits per heavy atom. The average Bonchev–Trinajstić information content (AvgIpc) is 2.70. The highest BCUT2D eigenvalue weighted by Crippen LogP contribution is 2.48. The molecular weight excluding hydrogens is 194 g/mol. The highest BCUT2D eigenvalue weighted by Gasteiger charge is 2.43. The van der Waals surface area contributed by atoms with E-state index in [1.165, 1.54) is 32.4 Å². The maximum Gasteiger partial charge on any atom is 0.00323 e. The lowest BCUT2D eigenvalue weighted by Crippen LogP contribution is -2.30. The lowest BCUT2D eigenvalue weighted by molar-refractivity contribution is 0.277. The van der Waals surface area contributed by atoms with Crippen LogP contribution in [0.5, 0.6) is 0 Å². The van der Waals surface area contributed by atoms with Crippen LogP contribution < -0.4 is 5.32 Å². The van der Waals surface area contributed by atoms with Crippen LogP contribution in [-0.2, 0) is 12.8 Å². The zero-order valence-electron chi connectivity index (χ0n) is 10.3. The molecule has 1 N–H and O–H groups in total. The number of benzene rings is 1. The molecule has 2 aliphatic rings. The third-order valence-corrected chi connectivity index (χ3v) is 4.73. The summed E-state index contributed by atoms with van der Waals surface area (Å²) in [5.74, 6) is 0.753. The van der Waals surface area contributed by atoms with Crippen LogP contribution in [0.1, 0.15) is 42.9 Å². The normalized spacial score (nSPS) is 32.2. The molecule has 1 heteroatoms. The van der Waals surface area contributed by atoms with Gasteiger partial charge in [0.25, 0.3) is 0 Å². The molecule has 0 aromatic heterocycles. The van der Waals surface area contributed by atoms with Gasteiger partial charge in [-0.05, 0) is 41.4 Å². The van der Waals surface area contributed by atoms with Crippen LogP contribution in [-0.4, -0.2) is 13.1 Å². The molecule has 1 heterocycles. The zero-order chi connectivity index (χ0) is 11.2. The number of rotatable bonds is 1. The lowest BCUT2D eigenvalue weighted by Gasteiger charge is -2.37. The molecule has 16 heavy (non-hydrogen) atoms. The van der Waals surface area contributed by atoms with Crippen molar-refractivity contribution in [3.8, 4) is 0 Å². The van der Waals surface area contributed by atoms with Crippen molar-refractivity contribution in [2.24, 2.45) is 5.41 Å². The Morgan fingerprint density at radius 2 is 2.31 bits per heavy atom. The number of hydrogen-bond donors (Lipinski definition) is 1. The van der Waals surface area contributed by atoms with Crippen LogP contribution in [0.3, 0.4) is 0 Å². The van der Waals surface area contributed by atoms with E-state index in [9.17, 15) is 0 Å². The molecule has 2 atom stereocenters. The summed E-state index contributed by atoms with van der Waals surface area (Å²) in [6, 6.07) is 6.93. The van der Waals surface area contributed by atoms with Crippen LogP contribution in [0.15, 0.2) is 18.2 Å². The molecule has 3 rings (SSSR count). The minimum Gasteiger partial charge on any atom is -0.316 e. The maximum absolute atomic E-state index is 3.58. The molecule has 1 aliphatic heterocycles. The van der Waals surface area contributed by atoms with Gasteiger partial charge in [0.2, 0.25) is 0 Å². The molecule has 0 amide bonds. The van der Waals surface area contributed by atoms with E-state index in [4.69, 9.17) is 0 Å². The van der Waals surface area contributed by atoms with Crippen molar-refractivity contribution >= 4 is 0 Å². The highest BCUT2D eigenvalue weighted by molar-refractivity contribution is 5.42. The number of aryl methyl sites for hydroxylation is 1. The molecule has 0 saturated carbocycles. The van der Waals surface area contributed by atoms with Crippen molar-refractivity contribution in [1.29, 1.82) is 0 Å². The first-order valence-corrected chi connectivity index (χ1v) is 6.56. The van der Waals surface area contributed by atoms with Gasteiger partial charge < -0.3 is 5.32 Å². The van der Waals surface area contributed by atoms with Gasteiger partial charge in [-0.2, -0.15) is 0 Å². The van der Waals surface area contributed by atoms with E-state index in [1.54, 1.807) is 16.7 Å². The van der Waals surface area contributed by atoms with E-state index in [0.29, 0.717) is 5.41 Å². The Labute approximate surface area is 98.3 Å². The van der Waals surface area contributed by atoms with Crippen LogP contribution >= 0.6 is 0 Å². The summed E-state index contributed by atoms with van der Waals surface area (Å²) < 4.78 is 0. The van der Waals surface area contributed by atoms with Gasteiger partial charge >= 0.3 is 0 Å². The summed E-state index contributed by atoms with van der Waals surface area (Å²) in [7, 11) is 0. The van der Waals surface area contributed by atoms with E-state index in [-0.39, 0.29) is 0 Å². The van der Waals surface area contributed by atoms with Crippen molar-refractivity contribution in [2.75, 3.05) is 13.1 Å². The molecule has 1 aliphatic carbocycles. The summed E-state index contributed by atoms with van der Waals surface area (Å²) >= 11 is 0. The monoisotopic (exact) mass is 215 g/mol. The van der Waals surface area contributed by atoms with Gasteiger partial charge in [-0.3, -0.25) is 0 Å². The third-order valence-electron chi connectivity index (χ3n) is 4.73. The SMILES string of the molecule is CCc1cccc2c1CCC1(C)CNCC21. The number of nitrogens with one attached hydrogen (secondary N) is 1. The van der Waals surface area contributed by atoms with Crippen LogP contribution in [0.4, 0.5) is 0 Å². The summed E-state index contributed by atoms with van der Waals surface area (Å²) in [6.07, 6.45) is 3.82. The molecule has 1 nitrogen and oxygen atoms in total. The topological polar surface area (TPSA) is 12.0 Å². The molecule has 1 saturated heterocycles. The minimum absolute atomic E-state index is 0.513. The maximum atomic E-state index is 3.58. The van der Waals surface area contributed by atoms with Crippen molar-refractivity contribution in [3.05, 3.63) is 34.9 Å². The Balaban J connectivity index is 2.10. The first-order chi connectivity index (χ1) is 7.74. The molecule has 0 bridgehead atoms. The van der Waals surface area contributed by atoms with Crippen molar-refractivity contribution in [1.82, 2.24) is 5.32 Å². The van der Waals surface area contributed by atoms with Gasteiger partial charge in [0.1, 0.15) is 0 Å². The van der Waals surface area contributed by atoms with Crippen molar-refractivity contribution < 1.29 is 0 Å². The van der Waals surface area contributed by atoms with Gasteiger partial charge in [0.05, 0.1) is 0 Å². The second-order valence-corrected chi connectivity index (χ2v) is 5.68. The first-order valence-electron chi connectivity index (χ1n) is 6.56. The lowest BCUT2D eigenvalue weighted by atomic mass is 9.66. The first kappa shape index (κ1) is 10.3. The largest absolute Gasteiger partial charge is 0.316 e. The fourth-order valence-corrected chi connectivity index (χ4v) is 3.65. The molecule has 0 radical (unpaired) electrons. The zero-order valence-corrected chi connectivity index (χ0v) is 10.3. The van der Waals surface area contributed by atoms with Gasteiger partial charge in [-0.1, -0.05) is 32.0 Å². The van der Waals surface area contributed by atoms with Gasteiger partial charge in [0, 0.05) is 19.0 Å². The summed E-state index contributed by atoms with van der Waals surface area (Å²) in [4.78, 5) is 0. The summed E-state index contributed by atoms with van der Waals surface area (Å²) in [5.41, 5.74) is 5.39. The minimum atomic E-state index is 0.513. The smallest absolute Gasteiger partial charge is 0.00323 e. The van der Waals surface area contributed by atoms with E-state index < -0.39 is 0 Å². The molecule has 1 fully saturated rings. The van der Waals surface area contributed by atoms with E-state index in [1.807, 2.05) is 0 Å². The molecular formula is C15H21N. The highest BCUT2D eigenvalue weighted by atomic mass is 14.9. The number of fused-ring (bicyclic) bond motifs is 3. The molecule has 1 aromatic carbocycles. The third kappa shape index (κ3) is 1.34. The molecule has 0 spiro atoms. The van der Waals surface area contributed by atoms with E-state index in [2.05, 4.69) is 37.4 Å². The quantitative estimate of drug-likeness (QED) is 0.759. The van der Waals surface area contributed by atoms with Crippen LogP contribution in [0.2, 0.25) is 0 Å². The van der Waals surface area contributed by atoms with Crippen molar-refractivity contribution in [3.63, 3.8) is 0 Å². The Hall–Kier alpha value is -0.820. The van der Waals surface area contributed by atoms with Crippen LogP contribution in [0, 0.1) is 5.41 Å². The van der Waals surface area contributed by atoms with Gasteiger partial charge in [0.15, 0.2) is 0 Å². The van der Waals surface area contributed by atoms with Crippen molar-refractivity contribution in [2.45, 2.75) is 39.0 Å². The molecule has 2 unspecified atom stereocenters. The Morgan fingerprint density at radius 1 is 1.44 bits per heavy atom. The fraction of sp³-hybridized carbons (Fsp3) is 0.600. The van der Waals surface area contributed by atoms with Gasteiger partial charge in [-0.15, -0.1) is 0 Å². The van der Waals surface area contributed by atoms with E-state index >= 15 is 0 Å². The Bertz CT molecular complexity index is 410. The molecule has 86 valence electrons. The standard InChI is InChI=1S/C15H21N/c1-3-11-5-4-6-13-12(11)7-8-15(2)10-16-9-14(13)15/h4-6,14,16H,3,7-10H2,1-2H3. The second kappa shape index (κ2) is 3.59. The number of hydrogen-bond acceptors (Lipinski definition) is 1. The fourth-order valence-electron chi connectivity index (χ4n) is 3.65. The Kier molecular flexibility index (Phi) is 2.32. The second-order valence-electron chi connectivity index (χ2n) is 5.68. The summed E-state index contributed by atoms with van der Waals surface area (Å²) in [6.45, 7) is 7.11. The van der Waals surface area contributed by atoms with E-state index in [0.717, 1.165) is 5.92 Å². The average molecular weight is 215 g/mol. The summed E-state index contributed by atoms with van der Waals surface area (Å²) in [5, 5.41) is 3.58. The predicted molar refractivity (Wildman–Crippen MR) is 67.9 cm³/mol. The molecule has 1 aromatic rings. The predicted octanol–water partition coefficient (Wildman–Crippen LogP) is 2.89. The van der Waals surface area contributed by atoms with Gasteiger partial charge in [-0.25, -0.2) is 0 Å². The van der Waals surface area contributed by atoms with Crippen LogP contribution in [0.25, 0.3) is 0 Å².